The maximum absolute atomic E-state index is 12.2. The zero-order chi connectivity index (χ0) is 13.8. The topological polar surface area (TPSA) is 46.3 Å². The lowest BCUT2D eigenvalue weighted by atomic mass is 10.2. The van der Waals surface area contributed by atoms with Crippen molar-refractivity contribution in [2.24, 2.45) is 5.73 Å². The number of benzene rings is 1. The highest BCUT2D eigenvalue weighted by atomic mass is 32.2. The summed E-state index contributed by atoms with van der Waals surface area (Å²) in [6.45, 7) is 5.62. The average Bonchev–Trinajstić information content (AvgIpc) is 2.88. The summed E-state index contributed by atoms with van der Waals surface area (Å²) in [6.07, 6.45) is 2.14. The van der Waals surface area contributed by atoms with Crippen molar-refractivity contribution in [3.8, 4) is 0 Å². The van der Waals surface area contributed by atoms with Crippen molar-refractivity contribution in [3.05, 3.63) is 29.3 Å². The molecule has 2 rings (SSSR count). The van der Waals surface area contributed by atoms with Crippen molar-refractivity contribution in [1.82, 2.24) is 4.90 Å². The molecule has 1 aromatic carbocycles. The Hall–Kier alpha value is -1.00. The summed E-state index contributed by atoms with van der Waals surface area (Å²) >= 11 is 1.64. The standard InChI is InChI=1S/C15H22N2OS/c1-11-5-6-12(2)14(8-11)19-10-15(18)17-7-3-4-13(17)9-16/h5-6,8,13H,3-4,7,9-10,16H2,1-2H3. The molecule has 3 nitrogen and oxygen atoms in total. The quantitative estimate of drug-likeness (QED) is 0.860. The van der Waals surface area contributed by atoms with Crippen LogP contribution >= 0.6 is 11.8 Å². The lowest BCUT2D eigenvalue weighted by Crippen LogP contribution is -2.40. The van der Waals surface area contributed by atoms with E-state index in [0.717, 1.165) is 19.4 Å². The fraction of sp³-hybridized carbons (Fsp3) is 0.533. The summed E-state index contributed by atoms with van der Waals surface area (Å²) in [5.74, 6) is 0.736. The molecular weight excluding hydrogens is 256 g/mol. The van der Waals surface area contributed by atoms with Crippen molar-refractivity contribution in [2.45, 2.75) is 37.6 Å². The van der Waals surface area contributed by atoms with Gasteiger partial charge in [0, 0.05) is 24.0 Å². The van der Waals surface area contributed by atoms with Crippen LogP contribution in [0.1, 0.15) is 24.0 Å². The van der Waals surface area contributed by atoms with E-state index in [4.69, 9.17) is 5.73 Å². The van der Waals surface area contributed by atoms with Crippen LogP contribution in [0.15, 0.2) is 23.1 Å². The van der Waals surface area contributed by atoms with Gasteiger partial charge < -0.3 is 10.6 Å². The molecule has 2 N–H and O–H groups in total. The van der Waals surface area contributed by atoms with Crippen LogP contribution < -0.4 is 5.73 Å². The monoisotopic (exact) mass is 278 g/mol. The maximum Gasteiger partial charge on any atom is 0.233 e. The van der Waals surface area contributed by atoms with Gasteiger partial charge in [-0.25, -0.2) is 0 Å². The second-order valence-electron chi connectivity index (χ2n) is 5.18. The summed E-state index contributed by atoms with van der Waals surface area (Å²) in [6, 6.07) is 6.62. The minimum absolute atomic E-state index is 0.221. The average molecular weight is 278 g/mol. The highest BCUT2D eigenvalue weighted by Gasteiger charge is 2.27. The highest BCUT2D eigenvalue weighted by molar-refractivity contribution is 8.00. The predicted octanol–water partition coefficient (Wildman–Crippen LogP) is 2.35. The van der Waals surface area contributed by atoms with Crippen LogP contribution in [0.3, 0.4) is 0 Å². The molecule has 1 atom stereocenters. The number of thioether (sulfide) groups is 1. The molecule has 19 heavy (non-hydrogen) atoms. The van der Waals surface area contributed by atoms with Crippen LogP contribution in [0, 0.1) is 13.8 Å². The van der Waals surface area contributed by atoms with E-state index >= 15 is 0 Å². The van der Waals surface area contributed by atoms with Crippen LogP contribution in [0.5, 0.6) is 0 Å². The van der Waals surface area contributed by atoms with Gasteiger partial charge in [0.1, 0.15) is 0 Å². The molecule has 0 bridgehead atoms. The third kappa shape index (κ3) is 3.51. The third-order valence-corrected chi connectivity index (χ3v) is 4.81. The van der Waals surface area contributed by atoms with Gasteiger partial charge in [-0.3, -0.25) is 4.79 Å². The molecule has 1 amide bonds. The second kappa shape index (κ2) is 6.44. The molecule has 104 valence electrons. The number of hydrogen-bond donors (Lipinski definition) is 1. The molecule has 0 aliphatic carbocycles. The number of rotatable bonds is 4. The van der Waals surface area contributed by atoms with E-state index in [-0.39, 0.29) is 11.9 Å². The molecule has 1 fully saturated rings. The Kier molecular flexibility index (Phi) is 4.88. The van der Waals surface area contributed by atoms with Crippen LogP contribution in [0.4, 0.5) is 0 Å². The molecule has 1 unspecified atom stereocenters. The van der Waals surface area contributed by atoms with Crippen molar-refractivity contribution in [1.29, 1.82) is 0 Å². The van der Waals surface area contributed by atoms with Gasteiger partial charge in [0.05, 0.1) is 5.75 Å². The lowest BCUT2D eigenvalue weighted by molar-refractivity contribution is -0.128. The van der Waals surface area contributed by atoms with Gasteiger partial charge in [-0.1, -0.05) is 17.7 Å². The Morgan fingerprint density at radius 3 is 3.00 bits per heavy atom. The van der Waals surface area contributed by atoms with E-state index in [1.165, 1.54) is 16.0 Å². The maximum atomic E-state index is 12.2. The summed E-state index contributed by atoms with van der Waals surface area (Å²) in [5, 5.41) is 0. The van der Waals surface area contributed by atoms with Gasteiger partial charge in [0.15, 0.2) is 0 Å². The zero-order valence-corrected chi connectivity index (χ0v) is 12.5. The van der Waals surface area contributed by atoms with E-state index in [2.05, 4.69) is 32.0 Å². The van der Waals surface area contributed by atoms with Crippen molar-refractivity contribution >= 4 is 17.7 Å². The Morgan fingerprint density at radius 2 is 2.26 bits per heavy atom. The van der Waals surface area contributed by atoms with E-state index in [1.54, 1.807) is 11.8 Å². The molecule has 1 saturated heterocycles. The van der Waals surface area contributed by atoms with Gasteiger partial charge in [0.2, 0.25) is 5.91 Å². The van der Waals surface area contributed by atoms with Crippen LogP contribution in [-0.2, 0) is 4.79 Å². The summed E-state index contributed by atoms with van der Waals surface area (Å²) in [5.41, 5.74) is 8.19. The second-order valence-corrected chi connectivity index (χ2v) is 6.19. The smallest absolute Gasteiger partial charge is 0.233 e. The predicted molar refractivity (Wildman–Crippen MR) is 80.4 cm³/mol. The number of likely N-dealkylation sites (tertiary alicyclic amines) is 1. The summed E-state index contributed by atoms with van der Waals surface area (Å²) in [7, 11) is 0. The molecule has 0 saturated carbocycles. The molecule has 1 aromatic rings. The number of hydrogen-bond acceptors (Lipinski definition) is 3. The number of nitrogens with two attached hydrogens (primary N) is 1. The summed E-state index contributed by atoms with van der Waals surface area (Å²) < 4.78 is 0. The Balaban J connectivity index is 1.95. The first kappa shape index (κ1) is 14.4. The Morgan fingerprint density at radius 1 is 1.47 bits per heavy atom. The molecule has 0 spiro atoms. The van der Waals surface area contributed by atoms with Crippen molar-refractivity contribution < 1.29 is 4.79 Å². The van der Waals surface area contributed by atoms with E-state index in [9.17, 15) is 4.79 Å². The van der Waals surface area contributed by atoms with E-state index in [1.807, 2.05) is 4.90 Å². The van der Waals surface area contributed by atoms with Gasteiger partial charge in [0.25, 0.3) is 0 Å². The molecule has 1 heterocycles. The van der Waals surface area contributed by atoms with Crippen LogP contribution in [0.25, 0.3) is 0 Å². The van der Waals surface area contributed by atoms with E-state index < -0.39 is 0 Å². The molecule has 0 aromatic heterocycles. The van der Waals surface area contributed by atoms with Gasteiger partial charge >= 0.3 is 0 Å². The third-order valence-electron chi connectivity index (χ3n) is 3.66. The minimum Gasteiger partial charge on any atom is -0.338 e. The number of nitrogens with zero attached hydrogens (tertiary/aromatic N) is 1. The highest BCUT2D eigenvalue weighted by Crippen LogP contribution is 2.25. The molecular formula is C15H22N2OS. The summed E-state index contributed by atoms with van der Waals surface area (Å²) in [4.78, 5) is 15.4. The lowest BCUT2D eigenvalue weighted by Gasteiger charge is -2.23. The molecule has 0 radical (unpaired) electrons. The molecule has 4 heteroatoms. The minimum atomic E-state index is 0.221. The first-order chi connectivity index (χ1) is 9.11. The van der Waals surface area contributed by atoms with Crippen molar-refractivity contribution in [2.75, 3.05) is 18.8 Å². The van der Waals surface area contributed by atoms with Gasteiger partial charge in [-0.2, -0.15) is 0 Å². The van der Waals surface area contributed by atoms with Gasteiger partial charge in [-0.15, -0.1) is 11.8 Å². The first-order valence-electron chi connectivity index (χ1n) is 6.81. The SMILES string of the molecule is Cc1ccc(C)c(SCC(=O)N2CCCC2CN)c1. The first-order valence-corrected chi connectivity index (χ1v) is 7.80. The van der Waals surface area contributed by atoms with Crippen LogP contribution in [-0.4, -0.2) is 35.7 Å². The number of amides is 1. The molecule has 1 aliphatic rings. The Bertz CT molecular complexity index is 461. The van der Waals surface area contributed by atoms with Gasteiger partial charge in [-0.05, 0) is 38.3 Å². The zero-order valence-electron chi connectivity index (χ0n) is 11.7. The largest absolute Gasteiger partial charge is 0.338 e. The van der Waals surface area contributed by atoms with E-state index in [0.29, 0.717) is 12.3 Å². The fourth-order valence-corrected chi connectivity index (χ4v) is 3.50. The molecule has 1 aliphatic heterocycles. The number of carbonyl (C=O) groups excluding carboxylic acids is 1. The van der Waals surface area contributed by atoms with Crippen molar-refractivity contribution in [3.63, 3.8) is 0 Å². The number of aryl methyl sites for hydroxylation is 2. The normalized spacial score (nSPS) is 18.9. The number of carbonyl (C=O) groups is 1. The fourth-order valence-electron chi connectivity index (χ4n) is 2.49. The van der Waals surface area contributed by atoms with Crippen LogP contribution in [0.2, 0.25) is 0 Å². The Labute approximate surface area is 119 Å².